The Morgan fingerprint density at radius 2 is 2.13 bits per heavy atom. The van der Waals surface area contributed by atoms with E-state index in [1.54, 1.807) is 0 Å². The Balaban J connectivity index is 1.73. The van der Waals surface area contributed by atoms with E-state index >= 15 is 0 Å². The molecule has 0 aliphatic carbocycles. The molecule has 0 bridgehead atoms. The van der Waals surface area contributed by atoms with Gasteiger partial charge in [-0.1, -0.05) is 6.92 Å². The third kappa shape index (κ3) is 1.71. The number of likely N-dealkylation sites (N-methyl/N-ethyl adjacent to an activating group) is 1. The molecule has 4 atom stereocenters. The van der Waals surface area contributed by atoms with Crippen LogP contribution in [-0.2, 0) is 4.74 Å². The van der Waals surface area contributed by atoms with E-state index in [0.717, 1.165) is 24.6 Å². The fourth-order valence-corrected chi connectivity index (χ4v) is 3.67. The van der Waals surface area contributed by atoms with Gasteiger partial charge in [-0.2, -0.15) is 0 Å². The fourth-order valence-electron chi connectivity index (χ4n) is 3.67. The molecule has 0 spiro atoms. The molecule has 0 aromatic carbocycles. The van der Waals surface area contributed by atoms with Crippen molar-refractivity contribution in [3.05, 3.63) is 0 Å². The minimum absolute atomic E-state index is 0.570. The van der Waals surface area contributed by atoms with Gasteiger partial charge in [-0.25, -0.2) is 0 Å². The van der Waals surface area contributed by atoms with Crippen LogP contribution >= 0.6 is 0 Å². The summed E-state index contributed by atoms with van der Waals surface area (Å²) in [6.07, 6.45) is 3.30. The molecule has 0 aromatic heterocycles. The number of ether oxygens (including phenoxy) is 1. The number of rotatable bonds is 2. The van der Waals surface area contributed by atoms with Crippen LogP contribution in [0.4, 0.5) is 0 Å². The van der Waals surface area contributed by atoms with E-state index in [1.165, 1.54) is 32.5 Å². The van der Waals surface area contributed by atoms with Crippen LogP contribution in [0.15, 0.2) is 0 Å². The third-order valence-electron chi connectivity index (χ3n) is 4.45. The fraction of sp³-hybridized carbons (Fsp3) is 1.00. The molecule has 3 aliphatic rings. The van der Waals surface area contributed by atoms with E-state index in [0.29, 0.717) is 6.10 Å². The van der Waals surface area contributed by atoms with Crippen molar-refractivity contribution in [2.24, 2.45) is 5.92 Å². The van der Waals surface area contributed by atoms with Gasteiger partial charge in [0.15, 0.2) is 0 Å². The molecule has 3 heterocycles. The van der Waals surface area contributed by atoms with Crippen molar-refractivity contribution in [2.75, 3.05) is 33.3 Å². The summed E-state index contributed by atoms with van der Waals surface area (Å²) in [5.74, 6) is 0.901. The van der Waals surface area contributed by atoms with Crippen molar-refractivity contribution in [2.45, 2.75) is 38.0 Å². The lowest BCUT2D eigenvalue weighted by Crippen LogP contribution is -2.46. The summed E-state index contributed by atoms with van der Waals surface area (Å²) >= 11 is 0. The van der Waals surface area contributed by atoms with Gasteiger partial charge in [0.25, 0.3) is 0 Å². The SMILES string of the molecule is CCN1C2CCN(C)CC2CC1C1CO1. The lowest BCUT2D eigenvalue weighted by Gasteiger charge is -2.36. The summed E-state index contributed by atoms with van der Waals surface area (Å²) in [7, 11) is 2.26. The standard InChI is InChI=1S/C12H22N2O/c1-3-14-10-4-5-13(2)7-9(10)6-11(14)12-8-15-12/h9-12H,3-8H2,1-2H3. The highest BCUT2D eigenvalue weighted by molar-refractivity contribution is 5.02. The van der Waals surface area contributed by atoms with Crippen molar-refractivity contribution in [1.82, 2.24) is 9.80 Å². The molecule has 15 heavy (non-hydrogen) atoms. The van der Waals surface area contributed by atoms with Crippen LogP contribution in [0, 0.1) is 5.92 Å². The molecule has 3 rings (SSSR count). The van der Waals surface area contributed by atoms with Gasteiger partial charge in [0.1, 0.15) is 0 Å². The van der Waals surface area contributed by atoms with E-state index < -0.39 is 0 Å². The third-order valence-corrected chi connectivity index (χ3v) is 4.45. The first-order chi connectivity index (χ1) is 7.29. The number of nitrogens with zero attached hydrogens (tertiary/aromatic N) is 2. The summed E-state index contributed by atoms with van der Waals surface area (Å²) in [6.45, 7) is 7.09. The van der Waals surface area contributed by atoms with E-state index in [4.69, 9.17) is 4.74 Å². The highest BCUT2D eigenvalue weighted by Crippen LogP contribution is 2.39. The highest BCUT2D eigenvalue weighted by atomic mass is 16.6. The van der Waals surface area contributed by atoms with E-state index in [-0.39, 0.29) is 0 Å². The zero-order valence-corrected chi connectivity index (χ0v) is 9.85. The average molecular weight is 210 g/mol. The topological polar surface area (TPSA) is 19.0 Å². The highest BCUT2D eigenvalue weighted by Gasteiger charge is 2.48. The van der Waals surface area contributed by atoms with Crippen LogP contribution in [0.2, 0.25) is 0 Å². The summed E-state index contributed by atoms with van der Waals surface area (Å²) in [4.78, 5) is 5.21. The summed E-state index contributed by atoms with van der Waals surface area (Å²) in [5, 5.41) is 0. The Morgan fingerprint density at radius 1 is 1.33 bits per heavy atom. The Kier molecular flexibility index (Phi) is 2.49. The van der Waals surface area contributed by atoms with Crippen LogP contribution in [0.1, 0.15) is 19.8 Å². The number of likely N-dealkylation sites (tertiary alicyclic amines) is 2. The molecule has 0 N–H and O–H groups in total. The van der Waals surface area contributed by atoms with Crippen molar-refractivity contribution in [3.8, 4) is 0 Å². The van der Waals surface area contributed by atoms with Gasteiger partial charge in [-0.05, 0) is 38.9 Å². The van der Waals surface area contributed by atoms with Crippen molar-refractivity contribution in [1.29, 1.82) is 0 Å². The first kappa shape index (κ1) is 10.1. The first-order valence-electron chi connectivity index (χ1n) is 6.35. The van der Waals surface area contributed by atoms with Crippen LogP contribution in [-0.4, -0.2) is 61.3 Å². The van der Waals surface area contributed by atoms with Crippen LogP contribution in [0.3, 0.4) is 0 Å². The number of hydrogen-bond acceptors (Lipinski definition) is 3. The number of hydrogen-bond donors (Lipinski definition) is 0. The Labute approximate surface area is 92.4 Å². The average Bonchev–Trinajstić information content (AvgIpc) is 2.99. The molecule has 3 nitrogen and oxygen atoms in total. The Hall–Kier alpha value is -0.120. The van der Waals surface area contributed by atoms with Crippen molar-refractivity contribution < 1.29 is 4.74 Å². The van der Waals surface area contributed by atoms with Crippen molar-refractivity contribution in [3.63, 3.8) is 0 Å². The predicted molar refractivity (Wildman–Crippen MR) is 59.9 cm³/mol. The Morgan fingerprint density at radius 3 is 2.80 bits per heavy atom. The molecule has 0 radical (unpaired) electrons. The zero-order chi connectivity index (χ0) is 10.4. The lowest BCUT2D eigenvalue weighted by atomic mass is 9.92. The maximum atomic E-state index is 5.50. The molecule has 4 unspecified atom stereocenters. The summed E-state index contributed by atoms with van der Waals surface area (Å²) < 4.78 is 5.50. The number of fused-ring (bicyclic) bond motifs is 1. The monoisotopic (exact) mass is 210 g/mol. The van der Waals surface area contributed by atoms with E-state index in [9.17, 15) is 0 Å². The van der Waals surface area contributed by atoms with Crippen LogP contribution in [0.5, 0.6) is 0 Å². The maximum absolute atomic E-state index is 5.50. The molecule has 0 aromatic rings. The molecule has 3 heteroatoms. The van der Waals surface area contributed by atoms with Gasteiger partial charge in [-0.3, -0.25) is 4.90 Å². The van der Waals surface area contributed by atoms with E-state index in [2.05, 4.69) is 23.8 Å². The van der Waals surface area contributed by atoms with E-state index in [1.807, 2.05) is 0 Å². The number of epoxide rings is 1. The molecule has 3 fully saturated rings. The minimum Gasteiger partial charge on any atom is -0.371 e. The van der Waals surface area contributed by atoms with Gasteiger partial charge in [0, 0.05) is 18.6 Å². The largest absolute Gasteiger partial charge is 0.371 e. The second-order valence-corrected chi connectivity index (χ2v) is 5.38. The van der Waals surface area contributed by atoms with Gasteiger partial charge < -0.3 is 9.64 Å². The van der Waals surface area contributed by atoms with Gasteiger partial charge >= 0.3 is 0 Å². The molecule has 0 amide bonds. The summed E-state index contributed by atoms with van der Waals surface area (Å²) in [6, 6.07) is 1.58. The second-order valence-electron chi connectivity index (χ2n) is 5.38. The zero-order valence-electron chi connectivity index (χ0n) is 9.85. The first-order valence-corrected chi connectivity index (χ1v) is 6.35. The molecule has 86 valence electrons. The molecule has 3 saturated heterocycles. The van der Waals surface area contributed by atoms with Crippen LogP contribution in [0.25, 0.3) is 0 Å². The predicted octanol–water partition coefficient (Wildman–Crippen LogP) is 0.800. The normalized spacial score (nSPS) is 46.8. The summed E-state index contributed by atoms with van der Waals surface area (Å²) in [5.41, 5.74) is 0. The molecule has 3 aliphatic heterocycles. The second kappa shape index (κ2) is 3.72. The lowest BCUT2D eigenvalue weighted by molar-refractivity contribution is 0.111. The number of piperidine rings is 1. The Bertz CT molecular complexity index is 242. The van der Waals surface area contributed by atoms with Gasteiger partial charge in [0.05, 0.1) is 12.7 Å². The molecular formula is C12H22N2O. The quantitative estimate of drug-likeness (QED) is 0.628. The van der Waals surface area contributed by atoms with Gasteiger partial charge in [0.2, 0.25) is 0 Å². The molecule has 0 saturated carbocycles. The van der Waals surface area contributed by atoms with Crippen LogP contribution < -0.4 is 0 Å². The minimum atomic E-state index is 0.570. The maximum Gasteiger partial charge on any atom is 0.0964 e. The molecular weight excluding hydrogens is 188 g/mol. The van der Waals surface area contributed by atoms with Crippen molar-refractivity contribution >= 4 is 0 Å². The van der Waals surface area contributed by atoms with Gasteiger partial charge in [-0.15, -0.1) is 0 Å². The smallest absolute Gasteiger partial charge is 0.0964 e.